The minimum Gasteiger partial charge on any atom is -0.365 e. The maximum Gasteiger partial charge on any atom is 0.134 e. The van der Waals surface area contributed by atoms with Crippen LogP contribution in [-0.4, -0.2) is 41.1 Å². The highest BCUT2D eigenvalue weighted by Gasteiger charge is 2.12. The highest BCUT2D eigenvalue weighted by Crippen LogP contribution is 2.18. The van der Waals surface area contributed by atoms with E-state index in [-0.39, 0.29) is 0 Å². The summed E-state index contributed by atoms with van der Waals surface area (Å²) < 4.78 is 0.909. The third-order valence-electron chi connectivity index (χ3n) is 2.45. The Morgan fingerprint density at radius 1 is 1.47 bits per heavy atom. The zero-order valence-electron chi connectivity index (χ0n) is 9.53. The summed E-state index contributed by atoms with van der Waals surface area (Å²) in [4.78, 5) is 10.8. The summed E-state index contributed by atoms with van der Waals surface area (Å²) in [5.74, 6) is 4.19. The van der Waals surface area contributed by atoms with E-state index in [4.69, 9.17) is 0 Å². The number of hydrogen-bond donors (Lipinski definition) is 1. The first-order chi connectivity index (χ1) is 8.25. The number of nitrogens with zero attached hydrogens (tertiary/aromatic N) is 3. The van der Waals surface area contributed by atoms with Gasteiger partial charge in [-0.3, -0.25) is 0 Å². The average molecular weight is 315 g/mol. The molecule has 0 unspecified atom stereocenters. The molecule has 1 aliphatic heterocycles. The fourth-order valence-electron chi connectivity index (χ4n) is 1.60. The van der Waals surface area contributed by atoms with E-state index < -0.39 is 0 Å². The minimum absolute atomic E-state index is 0.673. The Morgan fingerprint density at radius 2 is 2.24 bits per heavy atom. The van der Waals surface area contributed by atoms with Crippen LogP contribution in [0.3, 0.4) is 0 Å². The van der Waals surface area contributed by atoms with Gasteiger partial charge in [-0.1, -0.05) is 22.5 Å². The van der Waals surface area contributed by atoms with Crippen molar-refractivity contribution in [1.82, 2.24) is 9.97 Å². The van der Waals surface area contributed by atoms with Crippen molar-refractivity contribution in [2.45, 2.75) is 0 Å². The van der Waals surface area contributed by atoms with Gasteiger partial charge in [0.15, 0.2) is 0 Å². The van der Waals surface area contributed by atoms with E-state index in [9.17, 15) is 0 Å². The van der Waals surface area contributed by atoms with Crippen LogP contribution in [0.4, 0.5) is 11.6 Å². The summed E-state index contributed by atoms with van der Waals surface area (Å²) in [5.41, 5.74) is 0. The minimum atomic E-state index is 0.673. The second-order valence-corrected chi connectivity index (χ2v) is 6.08. The van der Waals surface area contributed by atoms with Gasteiger partial charge in [-0.2, -0.15) is 11.8 Å². The van der Waals surface area contributed by atoms with Gasteiger partial charge in [0.05, 0.1) is 0 Å². The lowest BCUT2D eigenvalue weighted by molar-refractivity contribution is 0.835. The first kappa shape index (κ1) is 12.7. The summed E-state index contributed by atoms with van der Waals surface area (Å²) in [5, 5.41) is 3.19. The van der Waals surface area contributed by atoms with Gasteiger partial charge >= 0.3 is 0 Å². The average Bonchev–Trinajstić information content (AvgIpc) is 2.38. The summed E-state index contributed by atoms with van der Waals surface area (Å²) in [6.07, 6.45) is 1.61. The van der Waals surface area contributed by atoms with Gasteiger partial charge in [0.1, 0.15) is 18.0 Å². The Bertz CT molecular complexity index is 393. The van der Waals surface area contributed by atoms with Crippen LogP contribution in [0, 0.1) is 0 Å². The van der Waals surface area contributed by atoms with Crippen molar-refractivity contribution >= 4 is 39.3 Å². The third-order valence-corrected chi connectivity index (χ3v) is 3.67. The first-order valence-electron chi connectivity index (χ1n) is 5.47. The van der Waals surface area contributed by atoms with Crippen LogP contribution in [0.1, 0.15) is 0 Å². The van der Waals surface area contributed by atoms with Crippen LogP contribution in [0.25, 0.3) is 0 Å². The Morgan fingerprint density at radius 3 is 2.94 bits per heavy atom. The van der Waals surface area contributed by atoms with E-state index in [0.717, 1.165) is 29.2 Å². The van der Waals surface area contributed by atoms with Crippen LogP contribution in [0.15, 0.2) is 23.5 Å². The van der Waals surface area contributed by atoms with Crippen molar-refractivity contribution < 1.29 is 0 Å². The number of nitrogens with one attached hydrogen (secondary N) is 1. The molecule has 1 aromatic rings. The molecule has 6 heteroatoms. The molecule has 4 nitrogen and oxygen atoms in total. The Labute approximate surface area is 114 Å². The zero-order valence-corrected chi connectivity index (χ0v) is 11.9. The van der Waals surface area contributed by atoms with Gasteiger partial charge in [0, 0.05) is 41.7 Å². The van der Waals surface area contributed by atoms with Crippen LogP contribution >= 0.6 is 27.7 Å². The molecule has 2 heterocycles. The molecule has 0 bridgehead atoms. The van der Waals surface area contributed by atoms with E-state index in [0.29, 0.717) is 6.54 Å². The van der Waals surface area contributed by atoms with Crippen LogP contribution in [0.2, 0.25) is 0 Å². The van der Waals surface area contributed by atoms with Gasteiger partial charge < -0.3 is 10.2 Å². The van der Waals surface area contributed by atoms with Crippen LogP contribution in [0.5, 0.6) is 0 Å². The molecule has 92 valence electrons. The SMILES string of the molecule is C=C(Br)CNc1cc(N2CCSCC2)ncn1. The summed E-state index contributed by atoms with van der Waals surface area (Å²) in [7, 11) is 0. The topological polar surface area (TPSA) is 41.0 Å². The molecule has 0 spiro atoms. The molecule has 1 N–H and O–H groups in total. The van der Waals surface area contributed by atoms with E-state index >= 15 is 0 Å². The van der Waals surface area contributed by atoms with E-state index in [1.165, 1.54) is 11.5 Å². The van der Waals surface area contributed by atoms with Crippen molar-refractivity contribution in [3.05, 3.63) is 23.5 Å². The molecule has 1 saturated heterocycles. The second-order valence-electron chi connectivity index (χ2n) is 3.73. The molecule has 0 saturated carbocycles. The number of hydrogen-bond acceptors (Lipinski definition) is 5. The second kappa shape index (κ2) is 6.26. The molecule has 0 aromatic carbocycles. The molecule has 0 atom stereocenters. The maximum absolute atomic E-state index is 4.32. The van der Waals surface area contributed by atoms with Crippen molar-refractivity contribution in [3.8, 4) is 0 Å². The molecule has 1 aliphatic rings. The highest BCUT2D eigenvalue weighted by atomic mass is 79.9. The van der Waals surface area contributed by atoms with Crippen molar-refractivity contribution in [2.24, 2.45) is 0 Å². The largest absolute Gasteiger partial charge is 0.365 e. The molecule has 2 rings (SSSR count). The quantitative estimate of drug-likeness (QED) is 0.924. The Kier molecular flexibility index (Phi) is 4.67. The number of thioether (sulfide) groups is 1. The number of halogens is 1. The first-order valence-corrected chi connectivity index (χ1v) is 7.42. The van der Waals surface area contributed by atoms with Crippen molar-refractivity contribution in [3.63, 3.8) is 0 Å². The normalized spacial score (nSPS) is 15.7. The lowest BCUT2D eigenvalue weighted by atomic mass is 10.4. The number of anilines is 2. The van der Waals surface area contributed by atoms with Crippen molar-refractivity contribution in [1.29, 1.82) is 0 Å². The molecule has 17 heavy (non-hydrogen) atoms. The fraction of sp³-hybridized carbons (Fsp3) is 0.455. The molecule has 0 radical (unpaired) electrons. The smallest absolute Gasteiger partial charge is 0.134 e. The molecule has 0 amide bonds. The van der Waals surface area contributed by atoms with Crippen LogP contribution in [-0.2, 0) is 0 Å². The van der Waals surface area contributed by atoms with Gasteiger partial charge in [-0.05, 0) is 0 Å². The summed E-state index contributed by atoms with van der Waals surface area (Å²) in [6, 6.07) is 1.99. The Hall–Kier alpha value is -0.750. The van der Waals surface area contributed by atoms with E-state index in [1.54, 1.807) is 6.33 Å². The van der Waals surface area contributed by atoms with Crippen LogP contribution < -0.4 is 10.2 Å². The summed E-state index contributed by atoms with van der Waals surface area (Å²) in [6.45, 7) is 6.58. The van der Waals surface area contributed by atoms with E-state index in [2.05, 4.69) is 42.7 Å². The maximum atomic E-state index is 4.32. The standard InChI is InChI=1S/C11H15BrN4S/c1-9(12)7-13-10-6-11(15-8-14-10)16-2-4-17-5-3-16/h6,8H,1-5,7H2,(H,13,14,15). The summed E-state index contributed by atoms with van der Waals surface area (Å²) >= 11 is 5.31. The highest BCUT2D eigenvalue weighted by molar-refractivity contribution is 9.11. The van der Waals surface area contributed by atoms with Gasteiger partial charge in [-0.15, -0.1) is 0 Å². The monoisotopic (exact) mass is 314 g/mol. The predicted octanol–water partition coefficient (Wildman–Crippen LogP) is 2.35. The molecule has 0 aliphatic carbocycles. The van der Waals surface area contributed by atoms with Crippen molar-refractivity contribution in [2.75, 3.05) is 41.4 Å². The molecular weight excluding hydrogens is 300 g/mol. The number of aromatic nitrogens is 2. The van der Waals surface area contributed by atoms with Gasteiger partial charge in [-0.25, -0.2) is 9.97 Å². The number of rotatable bonds is 4. The third kappa shape index (κ3) is 3.89. The Balaban J connectivity index is 2.02. The molecule has 1 fully saturated rings. The van der Waals surface area contributed by atoms with Gasteiger partial charge in [0.2, 0.25) is 0 Å². The van der Waals surface area contributed by atoms with Gasteiger partial charge in [0.25, 0.3) is 0 Å². The zero-order chi connectivity index (χ0) is 12.1. The molecular formula is C11H15BrN4S. The fourth-order valence-corrected chi connectivity index (χ4v) is 2.64. The predicted molar refractivity (Wildman–Crippen MR) is 78.1 cm³/mol. The lowest BCUT2D eigenvalue weighted by Gasteiger charge is -2.27. The lowest BCUT2D eigenvalue weighted by Crippen LogP contribution is -2.33. The molecule has 1 aromatic heterocycles. The van der Waals surface area contributed by atoms with E-state index in [1.807, 2.05) is 17.8 Å².